The number of ether oxygens (including phenoxy) is 1. The number of esters is 1. The molecule has 0 bridgehead atoms. The summed E-state index contributed by atoms with van der Waals surface area (Å²) < 4.78 is 5.22. The quantitative estimate of drug-likeness (QED) is 0.561. The third-order valence-electron chi connectivity index (χ3n) is 2.88. The number of allylic oxidation sites excluding steroid dienone is 1. The van der Waals surface area contributed by atoms with Gasteiger partial charge in [0.25, 0.3) is 0 Å². The molecule has 84 valence electrons. The largest absolute Gasteiger partial charge is 0.458 e. The zero-order valence-corrected chi connectivity index (χ0v) is 9.43. The van der Waals surface area contributed by atoms with Gasteiger partial charge in [0.15, 0.2) is 0 Å². The maximum absolute atomic E-state index is 10.9. The Morgan fingerprint density at radius 1 is 1.31 bits per heavy atom. The van der Waals surface area contributed by atoms with E-state index in [4.69, 9.17) is 4.74 Å². The summed E-state index contributed by atoms with van der Waals surface area (Å²) in [6, 6.07) is 10.4. The van der Waals surface area contributed by atoms with Crippen molar-refractivity contribution in [2.24, 2.45) is 0 Å². The average molecular weight is 216 g/mol. The summed E-state index contributed by atoms with van der Waals surface area (Å²) >= 11 is 0. The van der Waals surface area contributed by atoms with Crippen LogP contribution in [0.4, 0.5) is 0 Å². The first-order valence-electron chi connectivity index (χ1n) is 5.64. The van der Waals surface area contributed by atoms with Crippen LogP contribution in [-0.4, -0.2) is 12.1 Å². The Morgan fingerprint density at radius 3 is 2.75 bits per heavy atom. The summed E-state index contributed by atoms with van der Waals surface area (Å²) in [6.07, 6.45) is 5.95. The summed E-state index contributed by atoms with van der Waals surface area (Å²) in [4.78, 5) is 10.9. The lowest BCUT2D eigenvalue weighted by molar-refractivity contribution is -0.144. The van der Waals surface area contributed by atoms with Gasteiger partial charge in [-0.2, -0.15) is 0 Å². The second kappa shape index (κ2) is 4.97. The highest BCUT2D eigenvalue weighted by Crippen LogP contribution is 2.30. The second-order valence-corrected chi connectivity index (χ2v) is 4.16. The molecule has 0 radical (unpaired) electrons. The molecule has 2 nitrogen and oxygen atoms in total. The Balaban J connectivity index is 2.04. The van der Waals surface area contributed by atoms with Crippen molar-refractivity contribution >= 4 is 5.97 Å². The molecule has 0 amide bonds. The van der Waals surface area contributed by atoms with E-state index in [1.54, 1.807) is 0 Å². The molecule has 16 heavy (non-hydrogen) atoms. The van der Waals surface area contributed by atoms with Crippen molar-refractivity contribution in [3.8, 4) is 0 Å². The average Bonchev–Trinajstić information content (AvgIpc) is 2.30. The van der Waals surface area contributed by atoms with Crippen molar-refractivity contribution in [3.63, 3.8) is 0 Å². The van der Waals surface area contributed by atoms with Crippen LogP contribution in [0.5, 0.6) is 0 Å². The molecule has 1 aliphatic rings. The van der Waals surface area contributed by atoms with E-state index in [1.165, 1.54) is 12.5 Å². The molecule has 2 rings (SSSR count). The maximum atomic E-state index is 10.9. The van der Waals surface area contributed by atoms with E-state index < -0.39 is 0 Å². The van der Waals surface area contributed by atoms with E-state index >= 15 is 0 Å². The standard InChI is InChI=1S/C14H16O2/c1-11(15)16-14-9-5-8-13(10-14)12-6-3-2-4-7-12/h2-7,9,13-14H,8,10H2,1H3/t13-,14+/m0/s1. The summed E-state index contributed by atoms with van der Waals surface area (Å²) in [5, 5.41) is 0. The molecule has 0 saturated carbocycles. The lowest BCUT2D eigenvalue weighted by Gasteiger charge is -2.24. The van der Waals surface area contributed by atoms with E-state index in [0.717, 1.165) is 12.8 Å². The molecular formula is C14H16O2. The van der Waals surface area contributed by atoms with Gasteiger partial charge in [0, 0.05) is 6.92 Å². The minimum atomic E-state index is -0.205. The van der Waals surface area contributed by atoms with Crippen LogP contribution >= 0.6 is 0 Å². The van der Waals surface area contributed by atoms with Gasteiger partial charge in [0.05, 0.1) is 0 Å². The number of benzene rings is 1. The summed E-state index contributed by atoms with van der Waals surface area (Å²) in [6.45, 7) is 1.46. The summed E-state index contributed by atoms with van der Waals surface area (Å²) in [7, 11) is 0. The van der Waals surface area contributed by atoms with Crippen molar-refractivity contribution in [1.29, 1.82) is 0 Å². The minimum absolute atomic E-state index is 0.0588. The Labute approximate surface area is 95.9 Å². The van der Waals surface area contributed by atoms with Gasteiger partial charge in [-0.05, 0) is 30.4 Å². The third kappa shape index (κ3) is 2.72. The van der Waals surface area contributed by atoms with Gasteiger partial charge < -0.3 is 4.74 Å². The predicted octanol–water partition coefficient (Wildman–Crippen LogP) is 3.05. The van der Waals surface area contributed by atoms with E-state index in [0.29, 0.717) is 5.92 Å². The fourth-order valence-electron chi connectivity index (χ4n) is 2.15. The lowest BCUT2D eigenvalue weighted by atomic mass is 9.86. The topological polar surface area (TPSA) is 26.3 Å². The van der Waals surface area contributed by atoms with Crippen LogP contribution < -0.4 is 0 Å². The van der Waals surface area contributed by atoms with Crippen LogP contribution in [0.1, 0.15) is 31.2 Å². The number of carbonyl (C=O) groups excluding carboxylic acids is 1. The molecule has 2 heteroatoms. The normalized spacial score (nSPS) is 24.1. The van der Waals surface area contributed by atoms with Gasteiger partial charge in [-0.25, -0.2) is 0 Å². The molecule has 0 aliphatic heterocycles. The van der Waals surface area contributed by atoms with Gasteiger partial charge in [-0.15, -0.1) is 0 Å². The van der Waals surface area contributed by atoms with Gasteiger partial charge in [0.1, 0.15) is 6.10 Å². The van der Waals surface area contributed by atoms with Gasteiger partial charge in [-0.3, -0.25) is 4.79 Å². The van der Waals surface area contributed by atoms with E-state index in [2.05, 4.69) is 30.3 Å². The number of rotatable bonds is 2. The SMILES string of the molecule is CC(=O)O[C@@H]1C=CC[C@H](c2ccccc2)C1. The molecule has 0 saturated heterocycles. The molecule has 0 unspecified atom stereocenters. The molecule has 1 aromatic rings. The Bertz CT molecular complexity index is 381. The van der Waals surface area contributed by atoms with E-state index in [9.17, 15) is 4.79 Å². The van der Waals surface area contributed by atoms with Gasteiger partial charge in [0.2, 0.25) is 0 Å². The van der Waals surface area contributed by atoms with Crippen molar-refractivity contribution in [2.45, 2.75) is 31.8 Å². The van der Waals surface area contributed by atoms with Gasteiger partial charge >= 0.3 is 5.97 Å². The van der Waals surface area contributed by atoms with Crippen LogP contribution in [0.2, 0.25) is 0 Å². The van der Waals surface area contributed by atoms with Crippen LogP contribution in [0.15, 0.2) is 42.5 Å². The first-order chi connectivity index (χ1) is 7.75. The minimum Gasteiger partial charge on any atom is -0.458 e. The molecule has 1 aromatic carbocycles. The van der Waals surface area contributed by atoms with E-state index in [1.807, 2.05) is 12.1 Å². The Hall–Kier alpha value is -1.57. The maximum Gasteiger partial charge on any atom is 0.303 e. The van der Waals surface area contributed by atoms with Crippen LogP contribution in [-0.2, 0) is 9.53 Å². The van der Waals surface area contributed by atoms with Crippen LogP contribution in [0.25, 0.3) is 0 Å². The highest BCUT2D eigenvalue weighted by Gasteiger charge is 2.20. The fourth-order valence-corrected chi connectivity index (χ4v) is 2.15. The van der Waals surface area contributed by atoms with E-state index in [-0.39, 0.29) is 12.1 Å². The lowest BCUT2D eigenvalue weighted by Crippen LogP contribution is -2.20. The van der Waals surface area contributed by atoms with Crippen molar-refractivity contribution in [3.05, 3.63) is 48.0 Å². The second-order valence-electron chi connectivity index (χ2n) is 4.16. The zero-order valence-electron chi connectivity index (χ0n) is 9.43. The molecule has 0 N–H and O–H groups in total. The van der Waals surface area contributed by atoms with Crippen LogP contribution in [0, 0.1) is 0 Å². The highest BCUT2D eigenvalue weighted by atomic mass is 16.5. The van der Waals surface area contributed by atoms with Crippen LogP contribution in [0.3, 0.4) is 0 Å². The molecule has 0 aromatic heterocycles. The number of hydrogen-bond acceptors (Lipinski definition) is 2. The monoisotopic (exact) mass is 216 g/mol. The summed E-state index contributed by atoms with van der Waals surface area (Å²) in [5.41, 5.74) is 1.32. The number of carbonyl (C=O) groups is 1. The molecular weight excluding hydrogens is 200 g/mol. The number of hydrogen-bond donors (Lipinski definition) is 0. The Kier molecular flexibility index (Phi) is 3.40. The fraction of sp³-hybridized carbons (Fsp3) is 0.357. The summed E-state index contributed by atoms with van der Waals surface area (Å²) in [5.74, 6) is 0.263. The smallest absolute Gasteiger partial charge is 0.303 e. The predicted molar refractivity (Wildman–Crippen MR) is 63.1 cm³/mol. The zero-order chi connectivity index (χ0) is 11.4. The van der Waals surface area contributed by atoms with Crippen molar-refractivity contribution < 1.29 is 9.53 Å². The van der Waals surface area contributed by atoms with Crippen molar-refractivity contribution in [1.82, 2.24) is 0 Å². The molecule has 0 spiro atoms. The highest BCUT2D eigenvalue weighted by molar-refractivity contribution is 5.66. The molecule has 1 aliphatic carbocycles. The first-order valence-corrected chi connectivity index (χ1v) is 5.64. The molecule has 2 atom stereocenters. The first kappa shape index (κ1) is 10.9. The molecule has 0 fully saturated rings. The molecule has 0 heterocycles. The van der Waals surface area contributed by atoms with Gasteiger partial charge in [-0.1, -0.05) is 36.4 Å². The Morgan fingerprint density at radius 2 is 2.06 bits per heavy atom. The third-order valence-corrected chi connectivity index (χ3v) is 2.88. The van der Waals surface area contributed by atoms with Crippen molar-refractivity contribution in [2.75, 3.05) is 0 Å².